The second kappa shape index (κ2) is 9.90. The molecule has 2 saturated carbocycles. The first-order chi connectivity index (χ1) is 16.8. The first-order valence-corrected chi connectivity index (χ1v) is 13.2. The van der Waals surface area contributed by atoms with Crippen molar-refractivity contribution in [3.8, 4) is 0 Å². The largest absolute Gasteiger partial charge is 0.379 e. The Labute approximate surface area is 203 Å². The summed E-state index contributed by atoms with van der Waals surface area (Å²) < 4.78 is 11.2. The Morgan fingerprint density at radius 2 is 1.09 bits per heavy atom. The molecule has 0 unspecified atom stereocenters. The van der Waals surface area contributed by atoms with Gasteiger partial charge in [-0.3, -0.25) is 14.6 Å². The average molecular weight is 461 g/mol. The number of carbonyl (C=O) groups is 1. The van der Waals surface area contributed by atoms with Crippen LogP contribution in [0.2, 0.25) is 0 Å². The molecule has 2 aliphatic heterocycles. The Morgan fingerprint density at radius 3 is 1.47 bits per heavy atom. The monoisotopic (exact) mass is 460 g/mol. The lowest BCUT2D eigenvalue weighted by Gasteiger charge is -2.29. The summed E-state index contributed by atoms with van der Waals surface area (Å²) in [7, 11) is 0. The SMILES string of the molecule is O=C(c1cccc(C2CC2)c1CN1CCOCC1)c1cccc(C2CC2)c1CN1CCOCC1. The number of rotatable bonds is 8. The molecule has 2 heterocycles. The number of ketones is 1. The lowest BCUT2D eigenvalue weighted by molar-refractivity contribution is 0.0339. The first-order valence-electron chi connectivity index (χ1n) is 13.2. The lowest BCUT2D eigenvalue weighted by Crippen LogP contribution is -2.36. The molecule has 0 spiro atoms. The van der Waals surface area contributed by atoms with E-state index in [0.717, 1.165) is 76.8 Å². The zero-order chi connectivity index (χ0) is 22.9. The van der Waals surface area contributed by atoms with Gasteiger partial charge in [-0.1, -0.05) is 36.4 Å². The molecule has 2 aliphatic carbocycles. The third-order valence-electron chi connectivity index (χ3n) is 7.92. The van der Waals surface area contributed by atoms with Gasteiger partial charge in [-0.15, -0.1) is 0 Å². The van der Waals surface area contributed by atoms with Crippen molar-refractivity contribution >= 4 is 5.78 Å². The standard InChI is InChI=1S/C29H36N2O3/c32-29(25-5-1-3-23(21-7-8-21)27(25)19-30-11-15-33-16-12-30)26-6-2-4-24(22-9-10-22)28(26)20-31-13-17-34-18-14-31/h1-6,21-22H,7-20H2. The second-order valence-electron chi connectivity index (χ2n) is 10.4. The molecule has 0 radical (unpaired) electrons. The summed E-state index contributed by atoms with van der Waals surface area (Å²) in [5.41, 5.74) is 7.12. The third kappa shape index (κ3) is 4.85. The molecule has 2 aromatic carbocycles. The van der Waals surface area contributed by atoms with E-state index in [4.69, 9.17) is 9.47 Å². The van der Waals surface area contributed by atoms with E-state index in [9.17, 15) is 4.79 Å². The molecule has 4 aliphatic rings. The van der Waals surface area contributed by atoms with Crippen molar-refractivity contribution in [2.45, 2.75) is 50.6 Å². The minimum absolute atomic E-state index is 0.205. The zero-order valence-corrected chi connectivity index (χ0v) is 20.1. The van der Waals surface area contributed by atoms with Crippen LogP contribution in [0.1, 0.15) is 75.7 Å². The van der Waals surface area contributed by atoms with Gasteiger partial charge in [0.05, 0.1) is 26.4 Å². The number of hydrogen-bond donors (Lipinski definition) is 0. The van der Waals surface area contributed by atoms with Gasteiger partial charge in [-0.25, -0.2) is 0 Å². The van der Waals surface area contributed by atoms with Crippen molar-refractivity contribution < 1.29 is 14.3 Å². The van der Waals surface area contributed by atoms with Gasteiger partial charge in [-0.2, -0.15) is 0 Å². The molecule has 0 bridgehead atoms. The van der Waals surface area contributed by atoms with Crippen LogP contribution in [0.3, 0.4) is 0 Å². The second-order valence-corrected chi connectivity index (χ2v) is 10.4. The van der Waals surface area contributed by atoms with E-state index in [1.807, 2.05) is 0 Å². The van der Waals surface area contributed by atoms with Gasteiger partial charge in [0, 0.05) is 50.4 Å². The van der Waals surface area contributed by atoms with E-state index < -0.39 is 0 Å². The average Bonchev–Trinajstić information content (AvgIpc) is 3.79. The first kappa shape index (κ1) is 22.4. The van der Waals surface area contributed by atoms with Gasteiger partial charge in [-0.05, 0) is 59.8 Å². The van der Waals surface area contributed by atoms with E-state index in [2.05, 4.69) is 46.2 Å². The molecule has 4 fully saturated rings. The Balaban J connectivity index is 1.37. The van der Waals surface area contributed by atoms with Crippen molar-refractivity contribution in [2.24, 2.45) is 0 Å². The van der Waals surface area contributed by atoms with Gasteiger partial charge >= 0.3 is 0 Å². The highest BCUT2D eigenvalue weighted by molar-refractivity contribution is 6.11. The Kier molecular flexibility index (Phi) is 6.53. The maximum Gasteiger partial charge on any atom is 0.193 e. The van der Waals surface area contributed by atoms with Crippen LogP contribution in [0.5, 0.6) is 0 Å². The molecule has 0 aromatic heterocycles. The highest BCUT2D eigenvalue weighted by Crippen LogP contribution is 2.44. The smallest absolute Gasteiger partial charge is 0.193 e. The summed E-state index contributed by atoms with van der Waals surface area (Å²) in [6.45, 7) is 8.56. The number of carbonyl (C=O) groups excluding carboxylic acids is 1. The van der Waals surface area contributed by atoms with Crippen LogP contribution in [-0.4, -0.2) is 68.2 Å². The quantitative estimate of drug-likeness (QED) is 0.549. The number of nitrogens with zero attached hydrogens (tertiary/aromatic N) is 2. The van der Waals surface area contributed by atoms with E-state index in [0.29, 0.717) is 11.8 Å². The topological polar surface area (TPSA) is 42.0 Å². The summed E-state index contributed by atoms with van der Waals surface area (Å²) >= 11 is 0. The number of hydrogen-bond acceptors (Lipinski definition) is 5. The summed E-state index contributed by atoms with van der Waals surface area (Å²) in [4.78, 5) is 19.2. The summed E-state index contributed by atoms with van der Waals surface area (Å²) in [6, 6.07) is 12.9. The van der Waals surface area contributed by atoms with Crippen LogP contribution < -0.4 is 0 Å². The maximum atomic E-state index is 14.3. The molecule has 0 amide bonds. The Bertz CT molecular complexity index is 950. The molecule has 6 rings (SSSR count). The molecule has 0 atom stereocenters. The fourth-order valence-corrected chi connectivity index (χ4v) is 5.65. The molecule has 34 heavy (non-hydrogen) atoms. The number of ether oxygens (including phenoxy) is 2. The van der Waals surface area contributed by atoms with Crippen LogP contribution in [0.25, 0.3) is 0 Å². The van der Waals surface area contributed by atoms with Crippen molar-refractivity contribution in [3.63, 3.8) is 0 Å². The Hall–Kier alpha value is -2.05. The van der Waals surface area contributed by atoms with E-state index in [-0.39, 0.29) is 5.78 Å². The van der Waals surface area contributed by atoms with Gasteiger partial charge < -0.3 is 9.47 Å². The van der Waals surface area contributed by atoms with Gasteiger partial charge in [0.15, 0.2) is 5.78 Å². The van der Waals surface area contributed by atoms with Crippen molar-refractivity contribution in [1.82, 2.24) is 9.80 Å². The van der Waals surface area contributed by atoms with Crippen LogP contribution in [-0.2, 0) is 22.6 Å². The highest BCUT2D eigenvalue weighted by Gasteiger charge is 2.32. The van der Waals surface area contributed by atoms with Crippen molar-refractivity contribution in [2.75, 3.05) is 52.6 Å². The molecular weight excluding hydrogens is 424 g/mol. The van der Waals surface area contributed by atoms with Crippen LogP contribution in [0, 0.1) is 0 Å². The molecule has 180 valence electrons. The molecule has 5 heteroatoms. The third-order valence-corrected chi connectivity index (χ3v) is 7.92. The molecular formula is C29H36N2O3. The van der Waals surface area contributed by atoms with Crippen molar-refractivity contribution in [3.05, 3.63) is 69.8 Å². The lowest BCUT2D eigenvalue weighted by atomic mass is 9.88. The van der Waals surface area contributed by atoms with Crippen LogP contribution in [0.15, 0.2) is 36.4 Å². The van der Waals surface area contributed by atoms with Gasteiger partial charge in [0.2, 0.25) is 0 Å². The molecule has 5 nitrogen and oxygen atoms in total. The molecule has 2 saturated heterocycles. The molecule has 2 aromatic rings. The fourth-order valence-electron chi connectivity index (χ4n) is 5.65. The minimum Gasteiger partial charge on any atom is -0.379 e. The summed E-state index contributed by atoms with van der Waals surface area (Å²) in [5, 5.41) is 0. The van der Waals surface area contributed by atoms with E-state index in [1.54, 1.807) is 0 Å². The summed E-state index contributed by atoms with van der Waals surface area (Å²) in [5.74, 6) is 1.44. The van der Waals surface area contributed by atoms with Gasteiger partial charge in [0.1, 0.15) is 0 Å². The summed E-state index contributed by atoms with van der Waals surface area (Å²) in [6.07, 6.45) is 4.97. The van der Waals surface area contributed by atoms with Crippen LogP contribution >= 0.6 is 0 Å². The molecule has 0 N–H and O–H groups in total. The Morgan fingerprint density at radius 1 is 0.676 bits per heavy atom. The van der Waals surface area contributed by atoms with Crippen molar-refractivity contribution in [1.29, 1.82) is 0 Å². The van der Waals surface area contributed by atoms with Crippen LogP contribution in [0.4, 0.5) is 0 Å². The maximum absolute atomic E-state index is 14.3. The highest BCUT2D eigenvalue weighted by atomic mass is 16.5. The normalized spacial score (nSPS) is 22.1. The van der Waals surface area contributed by atoms with E-state index in [1.165, 1.54) is 47.9 Å². The fraction of sp³-hybridized carbons (Fsp3) is 0.552. The number of morpholine rings is 2. The van der Waals surface area contributed by atoms with Gasteiger partial charge in [0.25, 0.3) is 0 Å². The zero-order valence-electron chi connectivity index (χ0n) is 20.1. The number of benzene rings is 2. The predicted octanol–water partition coefficient (Wildman–Crippen LogP) is 4.34. The predicted molar refractivity (Wildman–Crippen MR) is 132 cm³/mol. The van der Waals surface area contributed by atoms with E-state index >= 15 is 0 Å². The minimum atomic E-state index is 0.205.